The van der Waals surface area contributed by atoms with Crippen LogP contribution >= 0.6 is 11.3 Å². The van der Waals surface area contributed by atoms with Gasteiger partial charge in [0, 0.05) is 42.1 Å². The first-order valence-corrected chi connectivity index (χ1v) is 17.5. The van der Waals surface area contributed by atoms with Gasteiger partial charge in [0.2, 0.25) is 5.95 Å². The van der Waals surface area contributed by atoms with E-state index >= 15 is 0 Å². The van der Waals surface area contributed by atoms with Gasteiger partial charge in [0.1, 0.15) is 0 Å². The van der Waals surface area contributed by atoms with E-state index in [-0.39, 0.29) is 0 Å². The van der Waals surface area contributed by atoms with Crippen molar-refractivity contribution in [2.24, 2.45) is 0 Å². The molecule has 0 radical (unpaired) electrons. The van der Waals surface area contributed by atoms with Gasteiger partial charge in [-0.05, 0) is 46.5 Å². The molecule has 0 saturated heterocycles. The molecule has 0 saturated carbocycles. The van der Waals surface area contributed by atoms with Crippen molar-refractivity contribution in [1.29, 1.82) is 0 Å². The molecule has 0 spiro atoms. The lowest BCUT2D eigenvalue weighted by molar-refractivity contribution is 0.954. The Balaban J connectivity index is 1.17. The number of para-hydroxylation sites is 1. The molecule has 0 N–H and O–H groups in total. The summed E-state index contributed by atoms with van der Waals surface area (Å²) in [6.07, 6.45) is 0. The molecule has 10 aromatic rings. The molecule has 234 valence electrons. The molecular weight excluding hydrogens is 629 g/mol. The summed E-state index contributed by atoms with van der Waals surface area (Å²) in [7, 11) is 0. The van der Waals surface area contributed by atoms with Gasteiger partial charge in [0.05, 0.1) is 11.0 Å². The number of hydrogen-bond acceptors (Lipinski definition) is 4. The number of fused-ring (bicyclic) bond motifs is 7. The van der Waals surface area contributed by atoms with Gasteiger partial charge in [-0.25, -0.2) is 4.98 Å². The molecule has 0 aliphatic carbocycles. The third kappa shape index (κ3) is 4.71. The maximum atomic E-state index is 5.23. The molecule has 5 heteroatoms. The van der Waals surface area contributed by atoms with E-state index in [1.54, 1.807) is 0 Å². The van der Waals surface area contributed by atoms with Crippen LogP contribution in [0.5, 0.6) is 0 Å². The summed E-state index contributed by atoms with van der Waals surface area (Å²) >= 11 is 1.85. The highest BCUT2D eigenvalue weighted by molar-refractivity contribution is 7.26. The van der Waals surface area contributed by atoms with E-state index in [1.165, 1.54) is 42.1 Å². The Morgan fingerprint density at radius 1 is 0.380 bits per heavy atom. The molecule has 0 amide bonds. The smallest absolute Gasteiger partial charge is 0.238 e. The monoisotopic (exact) mass is 656 g/mol. The topological polar surface area (TPSA) is 43.6 Å². The molecule has 0 bridgehead atoms. The van der Waals surface area contributed by atoms with E-state index in [4.69, 9.17) is 15.0 Å². The first kappa shape index (κ1) is 28.6. The van der Waals surface area contributed by atoms with Crippen LogP contribution in [0, 0.1) is 0 Å². The van der Waals surface area contributed by atoms with Crippen LogP contribution in [-0.4, -0.2) is 19.5 Å². The van der Waals surface area contributed by atoms with Crippen molar-refractivity contribution in [3.8, 4) is 51.0 Å². The fraction of sp³-hybridized carbons (Fsp3) is 0. The van der Waals surface area contributed by atoms with Crippen LogP contribution in [0.4, 0.5) is 0 Å². The average Bonchev–Trinajstić information content (AvgIpc) is 3.74. The summed E-state index contributed by atoms with van der Waals surface area (Å²) in [5, 5.41) is 4.97. The van der Waals surface area contributed by atoms with Crippen LogP contribution in [-0.2, 0) is 0 Å². The van der Waals surface area contributed by atoms with Crippen LogP contribution in [0.15, 0.2) is 170 Å². The molecule has 3 heterocycles. The summed E-state index contributed by atoms with van der Waals surface area (Å²) < 4.78 is 4.77. The van der Waals surface area contributed by atoms with Gasteiger partial charge >= 0.3 is 0 Å². The Labute approximate surface area is 292 Å². The predicted molar refractivity (Wildman–Crippen MR) is 209 cm³/mol. The van der Waals surface area contributed by atoms with Gasteiger partial charge in [-0.2, -0.15) is 9.97 Å². The lowest BCUT2D eigenvalue weighted by atomic mass is 9.99. The molecule has 4 nitrogen and oxygen atoms in total. The van der Waals surface area contributed by atoms with Crippen molar-refractivity contribution in [1.82, 2.24) is 19.5 Å². The molecule has 0 aliphatic rings. The van der Waals surface area contributed by atoms with Crippen LogP contribution in [0.3, 0.4) is 0 Å². The van der Waals surface area contributed by atoms with Gasteiger partial charge in [-0.3, -0.25) is 4.57 Å². The standard InChI is InChI=1S/C45H28N4S/c1-3-12-29(13-4-1)30-22-24-31(25-23-30)33-16-11-17-34(28-33)44-46-43(32-14-5-2-6-15-32)47-45(48-44)49-38-20-9-7-19-37(38)41-39(49)27-26-36-35-18-8-10-21-40(35)50-42(36)41/h1-28H. The fourth-order valence-electron chi connectivity index (χ4n) is 7.08. The van der Waals surface area contributed by atoms with Crippen molar-refractivity contribution < 1.29 is 0 Å². The lowest BCUT2D eigenvalue weighted by Crippen LogP contribution is -2.06. The Hall–Kier alpha value is -6.43. The van der Waals surface area contributed by atoms with Crippen LogP contribution in [0.2, 0.25) is 0 Å². The molecule has 7 aromatic carbocycles. The zero-order chi connectivity index (χ0) is 33.0. The second-order valence-electron chi connectivity index (χ2n) is 12.5. The molecule has 0 aliphatic heterocycles. The maximum Gasteiger partial charge on any atom is 0.238 e. The van der Waals surface area contributed by atoms with E-state index in [2.05, 4.69) is 150 Å². The van der Waals surface area contributed by atoms with E-state index in [1.807, 2.05) is 35.6 Å². The lowest BCUT2D eigenvalue weighted by Gasteiger charge is -2.12. The SMILES string of the molecule is c1ccc(-c2ccc(-c3cccc(-c4nc(-c5ccccc5)nc(-n5c6ccccc6c6c7sc8ccccc8c7ccc65)n4)c3)cc2)cc1. The number of thiophene rings is 1. The second kappa shape index (κ2) is 11.6. The summed E-state index contributed by atoms with van der Waals surface area (Å²) in [6, 6.07) is 59.6. The molecule has 3 aromatic heterocycles. The van der Waals surface area contributed by atoms with Crippen molar-refractivity contribution in [3.05, 3.63) is 170 Å². The Morgan fingerprint density at radius 2 is 0.960 bits per heavy atom. The summed E-state index contributed by atoms with van der Waals surface area (Å²) in [6.45, 7) is 0. The number of rotatable bonds is 5. The Kier molecular flexibility index (Phi) is 6.64. The second-order valence-corrected chi connectivity index (χ2v) is 13.5. The van der Waals surface area contributed by atoms with Crippen molar-refractivity contribution in [2.45, 2.75) is 0 Å². The minimum absolute atomic E-state index is 0.595. The van der Waals surface area contributed by atoms with Gasteiger partial charge < -0.3 is 0 Å². The Morgan fingerprint density at radius 3 is 1.74 bits per heavy atom. The first-order chi connectivity index (χ1) is 24.8. The maximum absolute atomic E-state index is 5.23. The highest BCUT2D eigenvalue weighted by Gasteiger charge is 2.20. The Bertz CT molecular complexity index is 2850. The third-order valence-electron chi connectivity index (χ3n) is 9.48. The number of hydrogen-bond donors (Lipinski definition) is 0. The normalized spacial score (nSPS) is 11.6. The number of nitrogens with zero attached hydrogens (tertiary/aromatic N) is 4. The summed E-state index contributed by atoms with van der Waals surface area (Å²) in [5.74, 6) is 1.86. The number of aromatic nitrogens is 4. The molecule has 0 unspecified atom stereocenters. The third-order valence-corrected chi connectivity index (χ3v) is 10.7. The van der Waals surface area contributed by atoms with E-state index < -0.39 is 0 Å². The zero-order valence-corrected chi connectivity index (χ0v) is 27.7. The van der Waals surface area contributed by atoms with Crippen molar-refractivity contribution in [2.75, 3.05) is 0 Å². The molecule has 50 heavy (non-hydrogen) atoms. The predicted octanol–water partition coefficient (Wildman–Crippen LogP) is 12.0. The average molecular weight is 657 g/mol. The molecule has 10 rings (SSSR count). The van der Waals surface area contributed by atoms with Gasteiger partial charge in [0.25, 0.3) is 0 Å². The quantitative estimate of drug-likeness (QED) is 0.185. The number of benzene rings is 7. The molecule has 0 atom stereocenters. The van der Waals surface area contributed by atoms with Crippen molar-refractivity contribution >= 4 is 53.3 Å². The van der Waals surface area contributed by atoms with Crippen LogP contribution in [0.25, 0.3) is 93.0 Å². The van der Waals surface area contributed by atoms with Gasteiger partial charge in [-0.15, -0.1) is 11.3 Å². The van der Waals surface area contributed by atoms with Crippen LogP contribution in [0.1, 0.15) is 0 Å². The van der Waals surface area contributed by atoms with E-state index in [0.717, 1.165) is 33.3 Å². The summed E-state index contributed by atoms with van der Waals surface area (Å²) in [4.78, 5) is 15.5. The zero-order valence-electron chi connectivity index (χ0n) is 26.9. The van der Waals surface area contributed by atoms with Crippen LogP contribution < -0.4 is 0 Å². The highest BCUT2D eigenvalue weighted by Crippen LogP contribution is 2.43. The van der Waals surface area contributed by atoms with E-state index in [9.17, 15) is 0 Å². The molecule has 0 fully saturated rings. The first-order valence-electron chi connectivity index (χ1n) is 16.7. The van der Waals surface area contributed by atoms with Crippen molar-refractivity contribution in [3.63, 3.8) is 0 Å². The van der Waals surface area contributed by atoms with E-state index in [0.29, 0.717) is 17.6 Å². The van der Waals surface area contributed by atoms with Gasteiger partial charge in [-0.1, -0.05) is 146 Å². The highest BCUT2D eigenvalue weighted by atomic mass is 32.1. The minimum atomic E-state index is 0.595. The minimum Gasteiger partial charge on any atom is -0.278 e. The fourth-order valence-corrected chi connectivity index (χ4v) is 8.34. The summed E-state index contributed by atoms with van der Waals surface area (Å²) in [5.41, 5.74) is 8.66. The molecular formula is C45H28N4S. The van der Waals surface area contributed by atoms with Gasteiger partial charge in [0.15, 0.2) is 11.6 Å². The largest absolute Gasteiger partial charge is 0.278 e.